The van der Waals surface area contributed by atoms with Crippen LogP contribution in [0.1, 0.15) is 17.2 Å². The van der Waals surface area contributed by atoms with Crippen molar-refractivity contribution in [3.05, 3.63) is 94.7 Å². The molecular formula is C22H18BrNO5S. The first-order chi connectivity index (χ1) is 14.4. The Labute approximate surface area is 182 Å². The van der Waals surface area contributed by atoms with Gasteiger partial charge in [0.25, 0.3) is 0 Å². The van der Waals surface area contributed by atoms with Crippen molar-refractivity contribution in [2.24, 2.45) is 0 Å². The topological polar surface area (TPSA) is 80.0 Å². The van der Waals surface area contributed by atoms with E-state index in [-0.39, 0.29) is 0 Å². The minimum atomic E-state index is -4.63. The molecule has 30 heavy (non-hydrogen) atoms. The Hall–Kier alpha value is -2.81. The molecule has 1 unspecified atom stereocenters. The van der Waals surface area contributed by atoms with Gasteiger partial charge in [-0.15, -0.1) is 0 Å². The maximum Gasteiger partial charge on any atom is 0.360 e. The van der Waals surface area contributed by atoms with Gasteiger partial charge in [0.2, 0.25) is 0 Å². The maximum atomic E-state index is 12.6. The highest BCUT2D eigenvalue weighted by Crippen LogP contribution is 2.37. The number of nitrogens with zero attached hydrogens (tertiary/aromatic N) is 1. The van der Waals surface area contributed by atoms with Gasteiger partial charge in [-0.3, -0.25) is 4.55 Å². The second-order valence-electron chi connectivity index (χ2n) is 6.64. The van der Waals surface area contributed by atoms with E-state index < -0.39 is 16.3 Å². The summed E-state index contributed by atoms with van der Waals surface area (Å²) in [6.07, 6.45) is 1.53. The number of methoxy groups -OCH3 is 1. The molecule has 4 rings (SSSR count). The molecule has 0 spiro atoms. The van der Waals surface area contributed by atoms with Crippen LogP contribution in [-0.4, -0.2) is 20.1 Å². The molecule has 0 radical (unpaired) electrons. The number of fused-ring (bicyclic) bond motifs is 1. The molecule has 0 aliphatic rings. The third kappa shape index (κ3) is 4.07. The molecule has 8 heteroatoms. The summed E-state index contributed by atoms with van der Waals surface area (Å²) in [5, 5.41) is 0.727. The lowest BCUT2D eigenvalue weighted by molar-refractivity contribution is 0.414. The summed E-state index contributed by atoms with van der Waals surface area (Å²) in [6.45, 7) is 0. The fraction of sp³-hybridized carbons (Fsp3) is 0.0909. The molecule has 3 aromatic carbocycles. The third-order valence-electron chi connectivity index (χ3n) is 4.79. The number of anilines is 1. The second kappa shape index (κ2) is 8.14. The van der Waals surface area contributed by atoms with Crippen LogP contribution in [0, 0.1) is 0 Å². The molecule has 154 valence electrons. The van der Waals surface area contributed by atoms with Crippen LogP contribution in [0.5, 0.6) is 5.75 Å². The highest BCUT2D eigenvalue weighted by Gasteiger charge is 2.32. The molecule has 0 amide bonds. The smallest absolute Gasteiger partial charge is 0.360 e. The molecule has 0 saturated carbocycles. The summed E-state index contributed by atoms with van der Waals surface area (Å²) in [4.78, 5) is 0. The Bertz CT molecular complexity index is 1270. The van der Waals surface area contributed by atoms with E-state index in [0.717, 1.165) is 14.2 Å². The first-order valence-corrected chi connectivity index (χ1v) is 11.2. The largest absolute Gasteiger partial charge is 0.497 e. The van der Waals surface area contributed by atoms with Crippen molar-refractivity contribution in [2.45, 2.75) is 6.04 Å². The van der Waals surface area contributed by atoms with Gasteiger partial charge < -0.3 is 9.15 Å². The van der Waals surface area contributed by atoms with Gasteiger partial charge in [0, 0.05) is 9.86 Å². The van der Waals surface area contributed by atoms with E-state index >= 15 is 0 Å². The highest BCUT2D eigenvalue weighted by atomic mass is 79.9. The highest BCUT2D eigenvalue weighted by molar-refractivity contribution is 9.10. The van der Waals surface area contributed by atoms with Gasteiger partial charge in [-0.1, -0.05) is 40.2 Å². The summed E-state index contributed by atoms with van der Waals surface area (Å²) in [5.41, 5.74) is 2.30. The van der Waals surface area contributed by atoms with Crippen molar-refractivity contribution in [2.75, 3.05) is 11.4 Å². The van der Waals surface area contributed by atoms with Crippen LogP contribution >= 0.6 is 15.9 Å². The van der Waals surface area contributed by atoms with Crippen LogP contribution in [0.2, 0.25) is 0 Å². The number of ether oxygens (including phenoxy) is 1. The number of hydrogen-bond acceptors (Lipinski definition) is 4. The van der Waals surface area contributed by atoms with Crippen molar-refractivity contribution >= 4 is 42.9 Å². The maximum absolute atomic E-state index is 12.6. The summed E-state index contributed by atoms with van der Waals surface area (Å²) in [7, 11) is -3.07. The van der Waals surface area contributed by atoms with Crippen LogP contribution in [0.15, 0.2) is 87.9 Å². The lowest BCUT2D eigenvalue weighted by atomic mass is 9.98. The van der Waals surface area contributed by atoms with Crippen LogP contribution in [0.4, 0.5) is 5.69 Å². The third-order valence-corrected chi connectivity index (χ3v) is 6.24. The molecule has 4 aromatic rings. The standard InChI is InChI=1S/C22H18BrNO5S/c1-28-20-9-4-16(5-10-20)22(15-2-6-18(23)7-3-15)24(30(25,26)27)19-8-11-21-17(14-19)12-13-29-21/h2-14,22H,1H3,(H,25,26,27). The summed E-state index contributed by atoms with van der Waals surface area (Å²) >= 11 is 3.41. The molecule has 1 N–H and O–H groups in total. The first-order valence-electron chi connectivity index (χ1n) is 9.00. The van der Waals surface area contributed by atoms with Gasteiger partial charge in [-0.25, -0.2) is 4.31 Å². The number of hydrogen-bond donors (Lipinski definition) is 1. The average molecular weight is 488 g/mol. The summed E-state index contributed by atoms with van der Waals surface area (Å²) < 4.78 is 47.9. The Balaban J connectivity index is 1.93. The molecule has 0 aliphatic carbocycles. The van der Waals surface area contributed by atoms with Crippen molar-refractivity contribution < 1.29 is 22.1 Å². The zero-order chi connectivity index (χ0) is 21.3. The van der Waals surface area contributed by atoms with Gasteiger partial charge in [-0.05, 0) is 59.7 Å². The van der Waals surface area contributed by atoms with Crippen molar-refractivity contribution in [3.8, 4) is 5.75 Å². The molecule has 1 heterocycles. The molecular weight excluding hydrogens is 470 g/mol. The molecule has 0 aliphatic heterocycles. The number of halogens is 1. The lowest BCUT2D eigenvalue weighted by Crippen LogP contribution is -2.35. The van der Waals surface area contributed by atoms with Crippen LogP contribution < -0.4 is 9.04 Å². The second-order valence-corrected chi connectivity index (χ2v) is 8.85. The zero-order valence-corrected chi connectivity index (χ0v) is 18.3. The Morgan fingerprint density at radius 3 is 2.20 bits per heavy atom. The zero-order valence-electron chi connectivity index (χ0n) is 15.9. The van der Waals surface area contributed by atoms with E-state index in [4.69, 9.17) is 9.15 Å². The first kappa shape index (κ1) is 20.5. The SMILES string of the molecule is COc1ccc(C(c2ccc(Br)cc2)N(c2ccc3occc3c2)S(=O)(=O)O)cc1. The Morgan fingerprint density at radius 2 is 1.60 bits per heavy atom. The number of benzene rings is 3. The van der Waals surface area contributed by atoms with E-state index in [1.54, 1.807) is 55.6 Å². The van der Waals surface area contributed by atoms with E-state index in [2.05, 4.69) is 15.9 Å². The molecule has 0 bridgehead atoms. The van der Waals surface area contributed by atoms with Gasteiger partial charge in [0.05, 0.1) is 25.1 Å². The Morgan fingerprint density at radius 1 is 0.967 bits per heavy atom. The van der Waals surface area contributed by atoms with Crippen LogP contribution in [-0.2, 0) is 10.3 Å². The van der Waals surface area contributed by atoms with Crippen LogP contribution in [0.3, 0.4) is 0 Å². The lowest BCUT2D eigenvalue weighted by Gasteiger charge is -2.31. The van der Waals surface area contributed by atoms with Crippen LogP contribution in [0.25, 0.3) is 11.0 Å². The fourth-order valence-corrected chi connectivity index (χ4v) is 4.56. The van der Waals surface area contributed by atoms with Gasteiger partial charge in [0.1, 0.15) is 11.3 Å². The predicted molar refractivity (Wildman–Crippen MR) is 119 cm³/mol. The number of rotatable bonds is 6. The van der Waals surface area contributed by atoms with E-state index in [1.807, 2.05) is 24.3 Å². The minimum absolute atomic E-state index is 0.315. The predicted octanol–water partition coefficient (Wildman–Crippen LogP) is 5.60. The molecule has 1 aromatic heterocycles. The summed E-state index contributed by atoms with van der Waals surface area (Å²) in [5.74, 6) is 0.645. The van der Waals surface area contributed by atoms with Gasteiger partial charge in [0.15, 0.2) is 0 Å². The summed E-state index contributed by atoms with van der Waals surface area (Å²) in [6, 6.07) is 20.2. The van der Waals surface area contributed by atoms with Crippen molar-refractivity contribution in [1.29, 1.82) is 0 Å². The molecule has 0 saturated heterocycles. The molecule has 0 fully saturated rings. The Kier molecular flexibility index (Phi) is 5.55. The van der Waals surface area contributed by atoms with E-state index in [9.17, 15) is 13.0 Å². The quantitative estimate of drug-likeness (QED) is 0.358. The molecule has 1 atom stereocenters. The number of furan rings is 1. The van der Waals surface area contributed by atoms with Gasteiger partial charge >= 0.3 is 10.3 Å². The van der Waals surface area contributed by atoms with Gasteiger partial charge in [-0.2, -0.15) is 8.42 Å². The normalized spacial score (nSPS) is 12.6. The van der Waals surface area contributed by atoms with E-state index in [1.165, 1.54) is 6.26 Å². The average Bonchev–Trinajstić information content (AvgIpc) is 3.20. The van der Waals surface area contributed by atoms with Crippen molar-refractivity contribution in [1.82, 2.24) is 0 Å². The van der Waals surface area contributed by atoms with Crippen molar-refractivity contribution in [3.63, 3.8) is 0 Å². The molecule has 6 nitrogen and oxygen atoms in total. The monoisotopic (exact) mass is 487 g/mol. The van der Waals surface area contributed by atoms with E-state index in [0.29, 0.717) is 28.1 Å². The fourth-order valence-electron chi connectivity index (χ4n) is 3.40. The minimum Gasteiger partial charge on any atom is -0.497 e.